The maximum atomic E-state index is 11.2. The van der Waals surface area contributed by atoms with Crippen molar-refractivity contribution in [3.05, 3.63) is 23.8 Å². The molecule has 0 saturated carbocycles. The van der Waals surface area contributed by atoms with Crippen molar-refractivity contribution in [2.24, 2.45) is 0 Å². The third kappa shape index (κ3) is 3.15. The number of ether oxygens (including phenoxy) is 2. The van der Waals surface area contributed by atoms with Crippen molar-refractivity contribution in [1.82, 2.24) is 5.32 Å². The first-order chi connectivity index (χ1) is 8.63. The molecular formula is C13H15NO4. The second-order valence-electron chi connectivity index (χ2n) is 3.46. The Balaban J connectivity index is 3.11. The summed E-state index contributed by atoms with van der Waals surface area (Å²) in [7, 11) is 3.00. The van der Waals surface area contributed by atoms with Crippen molar-refractivity contribution in [1.29, 1.82) is 0 Å². The Hall–Kier alpha value is -2.19. The second-order valence-corrected chi connectivity index (χ2v) is 3.46. The van der Waals surface area contributed by atoms with E-state index in [1.54, 1.807) is 18.2 Å². The number of carboxylic acids is 1. The van der Waals surface area contributed by atoms with Gasteiger partial charge in [0.05, 0.1) is 20.8 Å². The lowest BCUT2D eigenvalue weighted by Gasteiger charge is -2.17. The summed E-state index contributed by atoms with van der Waals surface area (Å²) in [6, 6.07) is 4.02. The average molecular weight is 249 g/mol. The zero-order chi connectivity index (χ0) is 13.5. The lowest BCUT2D eigenvalue weighted by Crippen LogP contribution is -2.29. The number of aliphatic carboxylic acids is 1. The molecule has 18 heavy (non-hydrogen) atoms. The van der Waals surface area contributed by atoms with Gasteiger partial charge < -0.3 is 14.6 Å². The Kier molecular flexibility index (Phi) is 5.03. The number of rotatable bonds is 6. The highest BCUT2D eigenvalue weighted by molar-refractivity contribution is 5.77. The SMILES string of the molecule is C#CCNC(C(=O)O)c1ccc(OC)cc1OC. The predicted octanol–water partition coefficient (Wildman–Crippen LogP) is 1.05. The van der Waals surface area contributed by atoms with Gasteiger partial charge in [0.15, 0.2) is 0 Å². The van der Waals surface area contributed by atoms with Crippen LogP contribution in [0.25, 0.3) is 0 Å². The fourth-order valence-electron chi connectivity index (χ4n) is 1.55. The minimum absolute atomic E-state index is 0.159. The van der Waals surface area contributed by atoms with Crippen molar-refractivity contribution in [3.8, 4) is 23.8 Å². The van der Waals surface area contributed by atoms with Gasteiger partial charge in [0, 0.05) is 11.6 Å². The maximum absolute atomic E-state index is 11.2. The summed E-state index contributed by atoms with van der Waals surface area (Å²) in [6.07, 6.45) is 5.11. The first-order valence-corrected chi connectivity index (χ1v) is 5.25. The highest BCUT2D eigenvalue weighted by Gasteiger charge is 2.22. The molecule has 1 rings (SSSR count). The van der Waals surface area contributed by atoms with E-state index in [0.29, 0.717) is 17.1 Å². The summed E-state index contributed by atoms with van der Waals surface area (Å²) >= 11 is 0. The Labute approximate surface area is 106 Å². The van der Waals surface area contributed by atoms with Crippen molar-refractivity contribution in [2.75, 3.05) is 20.8 Å². The minimum Gasteiger partial charge on any atom is -0.497 e. The molecule has 5 heteroatoms. The molecule has 1 atom stereocenters. The number of nitrogens with one attached hydrogen (secondary N) is 1. The van der Waals surface area contributed by atoms with Gasteiger partial charge in [-0.15, -0.1) is 6.42 Å². The van der Waals surface area contributed by atoms with Crippen molar-refractivity contribution >= 4 is 5.97 Å². The molecule has 0 fully saturated rings. The van der Waals surface area contributed by atoms with E-state index in [1.807, 2.05) is 0 Å². The van der Waals surface area contributed by atoms with Gasteiger partial charge in [-0.1, -0.05) is 5.92 Å². The third-order valence-corrected chi connectivity index (χ3v) is 2.41. The molecule has 0 aliphatic rings. The number of hydrogen-bond acceptors (Lipinski definition) is 4. The monoisotopic (exact) mass is 249 g/mol. The molecule has 0 heterocycles. The predicted molar refractivity (Wildman–Crippen MR) is 66.8 cm³/mol. The summed E-state index contributed by atoms with van der Waals surface area (Å²) in [5, 5.41) is 11.9. The Morgan fingerprint density at radius 3 is 2.72 bits per heavy atom. The van der Waals surface area contributed by atoms with Gasteiger partial charge in [0.1, 0.15) is 17.5 Å². The maximum Gasteiger partial charge on any atom is 0.325 e. The van der Waals surface area contributed by atoms with Crippen LogP contribution in [0, 0.1) is 12.3 Å². The van der Waals surface area contributed by atoms with Gasteiger partial charge in [-0.05, 0) is 12.1 Å². The van der Waals surface area contributed by atoms with E-state index in [-0.39, 0.29) is 6.54 Å². The van der Waals surface area contributed by atoms with Crippen LogP contribution in [0.4, 0.5) is 0 Å². The molecule has 0 aliphatic heterocycles. The van der Waals surface area contributed by atoms with Crippen LogP contribution >= 0.6 is 0 Å². The van der Waals surface area contributed by atoms with Crippen LogP contribution in [0.3, 0.4) is 0 Å². The van der Waals surface area contributed by atoms with Crippen LogP contribution in [0.5, 0.6) is 11.5 Å². The molecule has 0 spiro atoms. The van der Waals surface area contributed by atoms with Gasteiger partial charge in [-0.2, -0.15) is 0 Å². The highest BCUT2D eigenvalue weighted by atomic mass is 16.5. The van der Waals surface area contributed by atoms with Crippen LogP contribution in [-0.4, -0.2) is 31.8 Å². The van der Waals surface area contributed by atoms with E-state index in [9.17, 15) is 9.90 Å². The molecule has 0 bridgehead atoms. The van der Waals surface area contributed by atoms with E-state index in [1.165, 1.54) is 14.2 Å². The number of carbonyl (C=O) groups is 1. The molecule has 1 aromatic carbocycles. The van der Waals surface area contributed by atoms with Crippen LogP contribution in [0.2, 0.25) is 0 Å². The molecule has 0 saturated heterocycles. The summed E-state index contributed by atoms with van der Waals surface area (Å²) in [4.78, 5) is 11.2. The number of carboxylic acid groups (broad SMARTS) is 1. The Morgan fingerprint density at radius 2 is 2.22 bits per heavy atom. The van der Waals surface area contributed by atoms with E-state index >= 15 is 0 Å². The molecule has 0 aliphatic carbocycles. The largest absolute Gasteiger partial charge is 0.497 e. The normalized spacial score (nSPS) is 11.4. The van der Waals surface area contributed by atoms with E-state index in [2.05, 4.69) is 11.2 Å². The number of benzene rings is 1. The molecule has 1 unspecified atom stereocenters. The van der Waals surface area contributed by atoms with Crippen LogP contribution in [0.1, 0.15) is 11.6 Å². The van der Waals surface area contributed by atoms with Gasteiger partial charge in [-0.3, -0.25) is 10.1 Å². The summed E-state index contributed by atoms with van der Waals surface area (Å²) < 4.78 is 10.2. The Morgan fingerprint density at radius 1 is 1.50 bits per heavy atom. The topological polar surface area (TPSA) is 67.8 Å². The first kappa shape index (κ1) is 13.9. The highest BCUT2D eigenvalue weighted by Crippen LogP contribution is 2.29. The molecule has 96 valence electrons. The van der Waals surface area contributed by atoms with Crippen LogP contribution < -0.4 is 14.8 Å². The molecule has 0 radical (unpaired) electrons. The molecule has 5 nitrogen and oxygen atoms in total. The lowest BCUT2D eigenvalue weighted by molar-refractivity contribution is -0.139. The zero-order valence-corrected chi connectivity index (χ0v) is 10.3. The molecule has 0 amide bonds. The number of methoxy groups -OCH3 is 2. The van der Waals surface area contributed by atoms with Gasteiger partial charge >= 0.3 is 5.97 Å². The van der Waals surface area contributed by atoms with Crippen molar-refractivity contribution < 1.29 is 19.4 Å². The third-order valence-electron chi connectivity index (χ3n) is 2.41. The van der Waals surface area contributed by atoms with E-state index in [4.69, 9.17) is 15.9 Å². The fourth-order valence-corrected chi connectivity index (χ4v) is 1.55. The van der Waals surface area contributed by atoms with Crippen molar-refractivity contribution in [3.63, 3.8) is 0 Å². The van der Waals surface area contributed by atoms with Gasteiger partial charge in [0.25, 0.3) is 0 Å². The molecular weight excluding hydrogens is 234 g/mol. The molecule has 1 aromatic rings. The second kappa shape index (κ2) is 6.52. The minimum atomic E-state index is -1.02. The fraction of sp³-hybridized carbons (Fsp3) is 0.308. The van der Waals surface area contributed by atoms with E-state index in [0.717, 1.165) is 0 Å². The first-order valence-electron chi connectivity index (χ1n) is 5.25. The van der Waals surface area contributed by atoms with Crippen LogP contribution in [-0.2, 0) is 4.79 Å². The quantitative estimate of drug-likeness (QED) is 0.738. The van der Waals surface area contributed by atoms with Crippen molar-refractivity contribution in [2.45, 2.75) is 6.04 Å². The van der Waals surface area contributed by atoms with Gasteiger partial charge in [-0.25, -0.2) is 0 Å². The van der Waals surface area contributed by atoms with E-state index < -0.39 is 12.0 Å². The summed E-state index contributed by atoms with van der Waals surface area (Å²) in [5.41, 5.74) is 0.501. The summed E-state index contributed by atoms with van der Waals surface area (Å²) in [5.74, 6) is 2.35. The Bertz CT molecular complexity index is 465. The number of terminal acetylenes is 1. The smallest absolute Gasteiger partial charge is 0.325 e. The molecule has 2 N–H and O–H groups in total. The lowest BCUT2D eigenvalue weighted by atomic mass is 10.1. The average Bonchev–Trinajstić information content (AvgIpc) is 2.38. The number of hydrogen-bond donors (Lipinski definition) is 2. The zero-order valence-electron chi connectivity index (χ0n) is 10.3. The summed E-state index contributed by atoms with van der Waals surface area (Å²) in [6.45, 7) is 0.159. The van der Waals surface area contributed by atoms with Crippen LogP contribution in [0.15, 0.2) is 18.2 Å². The van der Waals surface area contributed by atoms with Gasteiger partial charge in [0.2, 0.25) is 0 Å². The standard InChI is InChI=1S/C13H15NO4/c1-4-7-14-12(13(15)16)10-6-5-9(17-2)8-11(10)18-3/h1,5-6,8,12,14H,7H2,2-3H3,(H,15,16). The molecule has 0 aromatic heterocycles.